The van der Waals surface area contributed by atoms with Crippen LogP contribution in [0.4, 0.5) is 0 Å². The average Bonchev–Trinajstić information content (AvgIpc) is 2.90. The highest BCUT2D eigenvalue weighted by Gasteiger charge is 2.13. The van der Waals surface area contributed by atoms with Gasteiger partial charge in [0, 0.05) is 46.2 Å². The maximum atomic E-state index is 2.32. The lowest BCUT2D eigenvalue weighted by Gasteiger charge is -2.07. The minimum absolute atomic E-state index is 0.870. The molecular formula is C32H26N2+2. The molecule has 0 fully saturated rings. The standard InChI is InChI=1S/C32H26N2/c1-3-9-25(10-4-1)23-33-19-7-13-29-21-27(15-17-31(29)33)28-16-18-32-30(22-28)14-8-20-34(32)24-26-11-5-2-6-12-26/h1-22H,23-24H2/q+2. The van der Waals surface area contributed by atoms with Gasteiger partial charge in [0.15, 0.2) is 25.5 Å². The highest BCUT2D eigenvalue weighted by Crippen LogP contribution is 2.26. The molecule has 6 rings (SSSR count). The fourth-order valence-electron chi connectivity index (χ4n) is 4.76. The van der Waals surface area contributed by atoms with Crippen molar-refractivity contribution >= 4 is 21.8 Å². The molecule has 6 aromatic rings. The van der Waals surface area contributed by atoms with E-state index in [9.17, 15) is 0 Å². The molecule has 0 atom stereocenters. The zero-order chi connectivity index (χ0) is 22.7. The predicted molar refractivity (Wildman–Crippen MR) is 138 cm³/mol. The Labute approximate surface area is 200 Å². The van der Waals surface area contributed by atoms with E-state index in [-0.39, 0.29) is 0 Å². The van der Waals surface area contributed by atoms with Crippen LogP contribution in [-0.4, -0.2) is 0 Å². The van der Waals surface area contributed by atoms with Gasteiger partial charge in [0.2, 0.25) is 11.0 Å². The Balaban J connectivity index is 1.35. The second-order valence-corrected chi connectivity index (χ2v) is 8.79. The van der Waals surface area contributed by atoms with Crippen LogP contribution >= 0.6 is 0 Å². The molecule has 2 nitrogen and oxygen atoms in total. The summed E-state index contributed by atoms with van der Waals surface area (Å²) in [5.41, 5.74) is 7.59. The number of nitrogens with zero attached hydrogens (tertiary/aromatic N) is 2. The van der Waals surface area contributed by atoms with Crippen molar-refractivity contribution in [3.63, 3.8) is 0 Å². The van der Waals surface area contributed by atoms with Gasteiger partial charge >= 0.3 is 0 Å². The van der Waals surface area contributed by atoms with Crippen LogP contribution in [0.1, 0.15) is 11.1 Å². The van der Waals surface area contributed by atoms with Crippen molar-refractivity contribution in [2.24, 2.45) is 0 Å². The van der Waals surface area contributed by atoms with Crippen molar-refractivity contribution < 1.29 is 9.13 Å². The lowest BCUT2D eigenvalue weighted by Crippen LogP contribution is -2.34. The molecule has 162 valence electrons. The molecule has 2 heterocycles. The molecule has 0 bridgehead atoms. The van der Waals surface area contributed by atoms with Crippen LogP contribution in [0.25, 0.3) is 32.9 Å². The van der Waals surface area contributed by atoms with Crippen LogP contribution in [0.15, 0.2) is 134 Å². The molecule has 0 aliphatic heterocycles. The van der Waals surface area contributed by atoms with Gasteiger partial charge in [-0.05, 0) is 47.5 Å². The Morgan fingerprint density at radius 2 is 0.853 bits per heavy atom. The lowest BCUT2D eigenvalue weighted by atomic mass is 10.0. The zero-order valence-corrected chi connectivity index (χ0v) is 19.0. The van der Waals surface area contributed by atoms with Gasteiger partial charge in [-0.1, -0.05) is 60.7 Å². The molecule has 0 aliphatic carbocycles. The van der Waals surface area contributed by atoms with E-state index in [0.717, 1.165) is 13.1 Å². The van der Waals surface area contributed by atoms with Gasteiger partial charge in [-0.25, -0.2) is 0 Å². The number of aromatic nitrogens is 2. The van der Waals surface area contributed by atoms with E-state index in [1.165, 1.54) is 44.1 Å². The summed E-state index contributed by atoms with van der Waals surface area (Å²) in [5, 5.41) is 2.51. The Morgan fingerprint density at radius 3 is 1.29 bits per heavy atom. The quantitative estimate of drug-likeness (QED) is 0.278. The topological polar surface area (TPSA) is 7.76 Å². The summed E-state index contributed by atoms with van der Waals surface area (Å²) in [5.74, 6) is 0. The van der Waals surface area contributed by atoms with Gasteiger partial charge in [0.25, 0.3) is 0 Å². The fraction of sp³-hybridized carbons (Fsp3) is 0.0625. The SMILES string of the molecule is c1ccc(C[n+]2cccc3cc(-c4ccc5c(ccc[n+]5Cc5ccccc5)c4)ccc32)cc1. The van der Waals surface area contributed by atoms with Crippen LogP contribution in [0.5, 0.6) is 0 Å². The number of benzene rings is 4. The molecule has 0 saturated heterocycles. The monoisotopic (exact) mass is 438 g/mol. The molecule has 0 aliphatic rings. The average molecular weight is 439 g/mol. The minimum Gasteiger partial charge on any atom is -0.194 e. The third-order valence-electron chi connectivity index (χ3n) is 6.48. The molecule has 0 unspecified atom stereocenters. The molecule has 34 heavy (non-hydrogen) atoms. The summed E-state index contributed by atoms with van der Waals surface area (Å²) in [6.45, 7) is 1.74. The van der Waals surface area contributed by atoms with Crippen LogP contribution in [0.3, 0.4) is 0 Å². The minimum atomic E-state index is 0.870. The van der Waals surface area contributed by atoms with Crippen LogP contribution < -0.4 is 9.13 Å². The number of pyridine rings is 2. The van der Waals surface area contributed by atoms with E-state index in [2.05, 4.69) is 143 Å². The van der Waals surface area contributed by atoms with Crippen molar-refractivity contribution in [1.82, 2.24) is 0 Å². The zero-order valence-electron chi connectivity index (χ0n) is 19.0. The second kappa shape index (κ2) is 8.92. The third-order valence-corrected chi connectivity index (χ3v) is 6.48. The molecule has 0 amide bonds. The number of hydrogen-bond donors (Lipinski definition) is 0. The normalized spacial score (nSPS) is 11.2. The van der Waals surface area contributed by atoms with Gasteiger partial charge in [0.05, 0.1) is 0 Å². The molecule has 0 spiro atoms. The van der Waals surface area contributed by atoms with E-state index in [1.54, 1.807) is 0 Å². The Kier molecular flexibility index (Phi) is 5.33. The maximum absolute atomic E-state index is 2.32. The third kappa shape index (κ3) is 4.06. The van der Waals surface area contributed by atoms with Gasteiger partial charge in [-0.2, -0.15) is 9.13 Å². The largest absolute Gasteiger partial charge is 0.212 e. The first kappa shape index (κ1) is 20.3. The summed E-state index contributed by atoms with van der Waals surface area (Å²) in [6.07, 6.45) is 4.33. The van der Waals surface area contributed by atoms with E-state index in [4.69, 9.17) is 0 Å². The van der Waals surface area contributed by atoms with Crippen molar-refractivity contribution in [2.75, 3.05) is 0 Å². The molecule has 4 aromatic carbocycles. The van der Waals surface area contributed by atoms with E-state index in [0.29, 0.717) is 0 Å². The summed E-state index contributed by atoms with van der Waals surface area (Å²) in [7, 11) is 0. The van der Waals surface area contributed by atoms with Crippen molar-refractivity contribution in [1.29, 1.82) is 0 Å². The summed E-state index contributed by atoms with van der Waals surface area (Å²) in [6, 6.07) is 43.5. The molecule has 2 aromatic heterocycles. The molecule has 0 saturated carbocycles. The molecule has 2 heteroatoms. The van der Waals surface area contributed by atoms with Crippen LogP contribution in [-0.2, 0) is 13.1 Å². The van der Waals surface area contributed by atoms with Crippen LogP contribution in [0.2, 0.25) is 0 Å². The number of rotatable bonds is 5. The number of hydrogen-bond acceptors (Lipinski definition) is 0. The fourth-order valence-corrected chi connectivity index (χ4v) is 4.76. The first-order chi connectivity index (χ1) is 16.8. The summed E-state index contributed by atoms with van der Waals surface area (Å²) >= 11 is 0. The van der Waals surface area contributed by atoms with E-state index in [1.807, 2.05) is 0 Å². The molecule has 0 N–H and O–H groups in total. The second-order valence-electron chi connectivity index (χ2n) is 8.79. The summed E-state index contributed by atoms with van der Waals surface area (Å²) in [4.78, 5) is 0. The summed E-state index contributed by atoms with van der Waals surface area (Å²) < 4.78 is 4.64. The lowest BCUT2D eigenvalue weighted by molar-refractivity contribution is -0.662. The first-order valence-electron chi connectivity index (χ1n) is 11.8. The molecule has 0 radical (unpaired) electrons. The van der Waals surface area contributed by atoms with Gasteiger partial charge in [0.1, 0.15) is 0 Å². The predicted octanol–water partition coefficient (Wildman–Crippen LogP) is 6.33. The van der Waals surface area contributed by atoms with E-state index >= 15 is 0 Å². The van der Waals surface area contributed by atoms with Crippen molar-refractivity contribution in [3.05, 3.63) is 145 Å². The molecular weight excluding hydrogens is 412 g/mol. The highest BCUT2D eigenvalue weighted by atomic mass is 14.9. The van der Waals surface area contributed by atoms with E-state index < -0.39 is 0 Å². The van der Waals surface area contributed by atoms with Crippen molar-refractivity contribution in [2.45, 2.75) is 13.1 Å². The van der Waals surface area contributed by atoms with Crippen LogP contribution in [0, 0.1) is 0 Å². The van der Waals surface area contributed by atoms with Gasteiger partial charge < -0.3 is 0 Å². The Hall–Kier alpha value is -4.30. The van der Waals surface area contributed by atoms with Gasteiger partial charge in [-0.15, -0.1) is 0 Å². The first-order valence-corrected chi connectivity index (χ1v) is 11.8. The Bertz CT molecular complexity index is 1470. The maximum Gasteiger partial charge on any atom is 0.212 e. The Morgan fingerprint density at radius 1 is 0.412 bits per heavy atom. The number of fused-ring (bicyclic) bond motifs is 2. The smallest absolute Gasteiger partial charge is 0.194 e. The van der Waals surface area contributed by atoms with Crippen molar-refractivity contribution in [3.8, 4) is 11.1 Å². The van der Waals surface area contributed by atoms with Gasteiger partial charge in [-0.3, -0.25) is 0 Å². The highest BCUT2D eigenvalue weighted by molar-refractivity contribution is 5.86.